The van der Waals surface area contributed by atoms with Crippen molar-refractivity contribution in [3.05, 3.63) is 77.1 Å². The van der Waals surface area contributed by atoms with Gasteiger partial charge >= 0.3 is 5.97 Å². The summed E-state index contributed by atoms with van der Waals surface area (Å²) in [6.45, 7) is 2.06. The van der Waals surface area contributed by atoms with Gasteiger partial charge in [-0.1, -0.05) is 12.1 Å². The number of aromatic nitrogens is 1. The van der Waals surface area contributed by atoms with E-state index in [0.29, 0.717) is 17.6 Å². The first-order valence-corrected chi connectivity index (χ1v) is 9.24. The third-order valence-corrected chi connectivity index (χ3v) is 4.89. The SMILES string of the molecule is CCOC(=O)C1=CN(C(=O)c2ccccc2F)CCc2c1[nH]c1cc(F)ccc21. The van der Waals surface area contributed by atoms with Gasteiger partial charge in [0, 0.05) is 23.6 Å². The van der Waals surface area contributed by atoms with Gasteiger partial charge in [-0.15, -0.1) is 0 Å². The van der Waals surface area contributed by atoms with Crippen LogP contribution >= 0.6 is 0 Å². The van der Waals surface area contributed by atoms with E-state index >= 15 is 0 Å². The summed E-state index contributed by atoms with van der Waals surface area (Å²) in [7, 11) is 0. The van der Waals surface area contributed by atoms with Crippen LogP contribution in [-0.4, -0.2) is 34.9 Å². The third-order valence-electron chi connectivity index (χ3n) is 4.89. The number of H-pyrrole nitrogens is 1. The van der Waals surface area contributed by atoms with Crippen molar-refractivity contribution < 1.29 is 23.1 Å². The number of carbonyl (C=O) groups is 2. The fraction of sp³-hybridized carbons (Fsp3) is 0.182. The maximum absolute atomic E-state index is 14.1. The average molecular weight is 396 g/mol. The molecule has 5 nitrogen and oxygen atoms in total. The zero-order valence-electron chi connectivity index (χ0n) is 15.7. The number of nitrogens with zero attached hydrogens (tertiary/aromatic N) is 1. The fourth-order valence-electron chi connectivity index (χ4n) is 3.55. The molecule has 0 aliphatic carbocycles. The van der Waals surface area contributed by atoms with E-state index in [4.69, 9.17) is 4.74 Å². The highest BCUT2D eigenvalue weighted by Crippen LogP contribution is 2.32. The summed E-state index contributed by atoms with van der Waals surface area (Å²) in [6.07, 6.45) is 1.78. The van der Waals surface area contributed by atoms with Crippen LogP contribution in [0.5, 0.6) is 0 Å². The second kappa shape index (κ2) is 7.50. The Morgan fingerprint density at radius 1 is 1.17 bits per heavy atom. The number of carbonyl (C=O) groups excluding carboxylic acids is 2. The summed E-state index contributed by atoms with van der Waals surface area (Å²) >= 11 is 0. The van der Waals surface area contributed by atoms with Gasteiger partial charge in [0.05, 0.1) is 23.4 Å². The van der Waals surface area contributed by atoms with Crippen LogP contribution in [0.4, 0.5) is 8.78 Å². The molecule has 1 N–H and O–H groups in total. The minimum absolute atomic E-state index is 0.0792. The van der Waals surface area contributed by atoms with E-state index < -0.39 is 23.5 Å². The highest BCUT2D eigenvalue weighted by molar-refractivity contribution is 6.18. The summed E-state index contributed by atoms with van der Waals surface area (Å²) in [5.41, 5.74) is 1.88. The second-order valence-electron chi connectivity index (χ2n) is 6.66. The Bertz CT molecular complexity index is 1150. The second-order valence-corrected chi connectivity index (χ2v) is 6.66. The maximum atomic E-state index is 14.1. The van der Waals surface area contributed by atoms with Crippen LogP contribution < -0.4 is 0 Å². The number of nitrogens with one attached hydrogen (secondary N) is 1. The van der Waals surface area contributed by atoms with E-state index in [1.165, 1.54) is 41.4 Å². The van der Waals surface area contributed by atoms with Gasteiger partial charge in [0.25, 0.3) is 5.91 Å². The van der Waals surface area contributed by atoms with Crippen LogP contribution in [0.1, 0.15) is 28.5 Å². The highest BCUT2D eigenvalue weighted by atomic mass is 19.1. The molecule has 2 heterocycles. The molecule has 1 aromatic heterocycles. The molecule has 0 bridgehead atoms. The van der Waals surface area contributed by atoms with Gasteiger partial charge in [-0.3, -0.25) is 4.79 Å². The van der Waals surface area contributed by atoms with Gasteiger partial charge in [0.15, 0.2) is 0 Å². The zero-order chi connectivity index (χ0) is 20.5. The summed E-state index contributed by atoms with van der Waals surface area (Å²) in [4.78, 5) is 29.9. The third kappa shape index (κ3) is 3.40. The Hall–Kier alpha value is -3.48. The molecule has 29 heavy (non-hydrogen) atoms. The number of amides is 1. The smallest absolute Gasteiger partial charge is 0.341 e. The summed E-state index contributed by atoms with van der Waals surface area (Å²) in [5, 5.41) is 0.761. The standard InChI is InChI=1S/C22H18F2N2O3/c1-2-29-22(28)17-12-26(21(27)16-5-3-4-6-18(16)24)10-9-15-14-8-7-13(23)11-19(14)25-20(15)17/h3-8,11-12,25H,2,9-10H2,1H3. The number of esters is 1. The van der Waals surface area contributed by atoms with Crippen molar-refractivity contribution in [2.24, 2.45) is 0 Å². The number of ether oxygens (including phenoxy) is 1. The first-order valence-electron chi connectivity index (χ1n) is 9.24. The number of hydrogen-bond acceptors (Lipinski definition) is 3. The minimum Gasteiger partial charge on any atom is -0.462 e. The summed E-state index contributed by atoms with van der Waals surface area (Å²) in [5.74, 6) is -2.20. The lowest BCUT2D eigenvalue weighted by molar-refractivity contribution is -0.136. The van der Waals surface area contributed by atoms with Crippen molar-refractivity contribution in [3.8, 4) is 0 Å². The van der Waals surface area contributed by atoms with Crippen molar-refractivity contribution in [2.45, 2.75) is 13.3 Å². The molecule has 0 atom stereocenters. The Morgan fingerprint density at radius 3 is 2.72 bits per heavy atom. The van der Waals surface area contributed by atoms with E-state index in [1.807, 2.05) is 0 Å². The first kappa shape index (κ1) is 18.9. The molecule has 148 valence electrons. The van der Waals surface area contributed by atoms with Crippen molar-refractivity contribution in [2.75, 3.05) is 13.2 Å². The molecular formula is C22H18F2N2O3. The number of rotatable bonds is 3. The maximum Gasteiger partial charge on any atom is 0.341 e. The molecule has 1 amide bonds. The first-order chi connectivity index (χ1) is 14.0. The van der Waals surface area contributed by atoms with Crippen molar-refractivity contribution in [1.29, 1.82) is 0 Å². The normalized spacial score (nSPS) is 13.6. The van der Waals surface area contributed by atoms with Crippen molar-refractivity contribution >= 4 is 28.4 Å². The van der Waals surface area contributed by atoms with E-state index in [9.17, 15) is 18.4 Å². The predicted octanol–water partition coefficient (Wildman–Crippen LogP) is 4.05. The monoisotopic (exact) mass is 396 g/mol. The Kier molecular flexibility index (Phi) is 4.88. The van der Waals surface area contributed by atoms with Gasteiger partial charge in [-0.05, 0) is 49.2 Å². The van der Waals surface area contributed by atoms with Crippen LogP contribution in [0.25, 0.3) is 16.5 Å². The van der Waals surface area contributed by atoms with Crippen LogP contribution in [0.2, 0.25) is 0 Å². The molecule has 0 radical (unpaired) electrons. The largest absolute Gasteiger partial charge is 0.462 e. The number of benzene rings is 2. The highest BCUT2D eigenvalue weighted by Gasteiger charge is 2.28. The zero-order valence-corrected chi connectivity index (χ0v) is 15.7. The quantitative estimate of drug-likeness (QED) is 0.680. The van der Waals surface area contributed by atoms with Crippen molar-refractivity contribution in [3.63, 3.8) is 0 Å². The lowest BCUT2D eigenvalue weighted by atomic mass is 10.0. The van der Waals surface area contributed by atoms with Gasteiger partial charge in [0.1, 0.15) is 11.6 Å². The topological polar surface area (TPSA) is 62.4 Å². The van der Waals surface area contributed by atoms with Gasteiger partial charge < -0.3 is 14.6 Å². The molecule has 4 rings (SSSR count). The number of aromatic amines is 1. The molecule has 3 aromatic rings. The van der Waals surface area contributed by atoms with E-state index in [2.05, 4.69) is 4.98 Å². The Balaban J connectivity index is 1.82. The molecule has 1 aliphatic heterocycles. The number of fused-ring (bicyclic) bond motifs is 3. The van der Waals surface area contributed by atoms with Crippen LogP contribution in [0.15, 0.2) is 48.7 Å². The average Bonchev–Trinajstić information content (AvgIpc) is 2.94. The predicted molar refractivity (Wildman–Crippen MR) is 104 cm³/mol. The van der Waals surface area contributed by atoms with Crippen LogP contribution in [-0.2, 0) is 16.0 Å². The Morgan fingerprint density at radius 2 is 1.97 bits per heavy atom. The molecular weight excluding hydrogens is 378 g/mol. The van der Waals surface area contributed by atoms with E-state index in [-0.39, 0.29) is 24.3 Å². The Labute approximate surface area is 165 Å². The van der Waals surface area contributed by atoms with E-state index in [0.717, 1.165) is 10.9 Å². The minimum atomic E-state index is -0.632. The lowest BCUT2D eigenvalue weighted by Gasteiger charge is -2.18. The molecule has 0 fully saturated rings. The van der Waals surface area contributed by atoms with Gasteiger partial charge in [0.2, 0.25) is 0 Å². The van der Waals surface area contributed by atoms with Crippen LogP contribution in [0, 0.1) is 11.6 Å². The number of halogens is 2. The molecule has 0 saturated carbocycles. The molecule has 0 spiro atoms. The van der Waals surface area contributed by atoms with Gasteiger partial charge in [-0.2, -0.15) is 0 Å². The summed E-state index contributed by atoms with van der Waals surface area (Å²) in [6, 6.07) is 10.0. The van der Waals surface area contributed by atoms with E-state index in [1.54, 1.807) is 19.1 Å². The molecule has 1 aliphatic rings. The molecule has 2 aromatic carbocycles. The summed E-state index contributed by atoms with van der Waals surface area (Å²) < 4.78 is 32.9. The fourth-order valence-corrected chi connectivity index (χ4v) is 3.55. The lowest BCUT2D eigenvalue weighted by Crippen LogP contribution is -2.28. The molecule has 0 saturated heterocycles. The van der Waals surface area contributed by atoms with Crippen molar-refractivity contribution in [1.82, 2.24) is 9.88 Å². The van der Waals surface area contributed by atoms with Crippen LogP contribution in [0.3, 0.4) is 0 Å². The molecule has 0 unspecified atom stereocenters. The van der Waals surface area contributed by atoms with Gasteiger partial charge in [-0.25, -0.2) is 13.6 Å². The number of hydrogen-bond donors (Lipinski definition) is 1. The molecule has 7 heteroatoms.